The third kappa shape index (κ3) is 3.82. The summed E-state index contributed by atoms with van der Waals surface area (Å²) in [6, 6.07) is 10.2. The summed E-state index contributed by atoms with van der Waals surface area (Å²) < 4.78 is 5.58. The maximum Gasteiger partial charge on any atom is 0.295 e. The van der Waals surface area contributed by atoms with Gasteiger partial charge < -0.3 is 14.7 Å². The van der Waals surface area contributed by atoms with Crippen molar-refractivity contribution < 1.29 is 19.4 Å². The zero-order valence-electron chi connectivity index (χ0n) is 15.6. The van der Waals surface area contributed by atoms with Crippen molar-refractivity contribution in [2.24, 2.45) is 0 Å². The molecule has 0 radical (unpaired) electrons. The highest BCUT2D eigenvalue weighted by molar-refractivity contribution is 7.10. The molecule has 1 aliphatic rings. The van der Waals surface area contributed by atoms with Crippen LogP contribution in [0, 0.1) is 6.92 Å². The van der Waals surface area contributed by atoms with Gasteiger partial charge in [0.1, 0.15) is 5.76 Å². The second-order valence-corrected chi connectivity index (χ2v) is 7.69. The monoisotopic (exact) mass is 385 g/mol. The summed E-state index contributed by atoms with van der Waals surface area (Å²) in [6.07, 6.45) is 0.0352. The van der Waals surface area contributed by atoms with E-state index >= 15 is 0 Å². The number of carbonyl (C=O) groups is 2. The van der Waals surface area contributed by atoms with Crippen LogP contribution in [0.4, 0.5) is 0 Å². The van der Waals surface area contributed by atoms with Crippen LogP contribution in [0.1, 0.15) is 35.9 Å². The van der Waals surface area contributed by atoms with E-state index in [2.05, 4.69) is 0 Å². The highest BCUT2D eigenvalue weighted by Crippen LogP contribution is 2.42. The van der Waals surface area contributed by atoms with Gasteiger partial charge in [0.05, 0.1) is 24.3 Å². The maximum atomic E-state index is 12.8. The molecule has 1 atom stereocenters. The number of ether oxygens (including phenoxy) is 1. The van der Waals surface area contributed by atoms with E-state index in [4.69, 9.17) is 4.74 Å². The number of ketones is 1. The van der Waals surface area contributed by atoms with Gasteiger partial charge in [-0.3, -0.25) is 9.59 Å². The molecule has 1 unspecified atom stereocenters. The van der Waals surface area contributed by atoms with Crippen LogP contribution in [0.2, 0.25) is 0 Å². The van der Waals surface area contributed by atoms with E-state index in [0.717, 1.165) is 10.4 Å². The van der Waals surface area contributed by atoms with Gasteiger partial charge in [0.15, 0.2) is 0 Å². The average Bonchev–Trinajstić information content (AvgIpc) is 3.17. The molecule has 1 aromatic carbocycles. The van der Waals surface area contributed by atoms with Crippen LogP contribution in [-0.2, 0) is 14.3 Å². The van der Waals surface area contributed by atoms with Gasteiger partial charge in [0.2, 0.25) is 0 Å². The number of aryl methyl sites for hydroxylation is 1. The number of aliphatic hydroxyl groups is 1. The lowest BCUT2D eigenvalue weighted by Gasteiger charge is -2.25. The van der Waals surface area contributed by atoms with Gasteiger partial charge in [-0.25, -0.2) is 0 Å². The molecule has 1 amide bonds. The molecular formula is C21H23NO4S. The summed E-state index contributed by atoms with van der Waals surface area (Å²) in [5.74, 6) is -1.39. The standard InChI is InChI=1S/C21H23NO4S/c1-13(2)26-11-10-22-17(20-14(3)9-12-27-20)16(19(24)21(22)25)18(23)15-7-5-4-6-8-15/h4-9,12-13,17,23H,10-11H2,1-3H3/b18-16-. The van der Waals surface area contributed by atoms with Gasteiger partial charge in [-0.15, -0.1) is 11.3 Å². The molecule has 1 fully saturated rings. The molecular weight excluding hydrogens is 362 g/mol. The summed E-state index contributed by atoms with van der Waals surface area (Å²) in [4.78, 5) is 27.9. The summed E-state index contributed by atoms with van der Waals surface area (Å²) >= 11 is 1.48. The first-order valence-electron chi connectivity index (χ1n) is 8.91. The number of aliphatic hydroxyl groups excluding tert-OH is 1. The van der Waals surface area contributed by atoms with Gasteiger partial charge in [0.25, 0.3) is 11.7 Å². The molecule has 1 N–H and O–H groups in total. The molecule has 2 aromatic rings. The minimum Gasteiger partial charge on any atom is -0.507 e. The fraction of sp³-hybridized carbons (Fsp3) is 0.333. The van der Waals surface area contributed by atoms with Gasteiger partial charge >= 0.3 is 0 Å². The Morgan fingerprint density at radius 3 is 2.52 bits per heavy atom. The van der Waals surface area contributed by atoms with Crippen LogP contribution < -0.4 is 0 Å². The number of likely N-dealkylation sites (tertiary alicyclic amines) is 1. The molecule has 0 aliphatic carbocycles. The quantitative estimate of drug-likeness (QED) is 0.465. The number of hydrogen-bond donors (Lipinski definition) is 1. The molecule has 1 saturated heterocycles. The number of amides is 1. The van der Waals surface area contributed by atoms with Crippen LogP contribution in [0.5, 0.6) is 0 Å². The lowest BCUT2D eigenvalue weighted by Crippen LogP contribution is -2.33. The molecule has 1 aliphatic heterocycles. The molecule has 1 aromatic heterocycles. The highest BCUT2D eigenvalue weighted by atomic mass is 32.1. The third-order valence-electron chi connectivity index (χ3n) is 4.52. The minimum atomic E-state index is -0.654. The number of Topliss-reactive ketones (excluding diaryl/α,β-unsaturated/α-hetero) is 1. The molecule has 0 bridgehead atoms. The van der Waals surface area contributed by atoms with Crippen molar-refractivity contribution in [2.75, 3.05) is 13.2 Å². The molecule has 0 spiro atoms. The molecule has 2 heterocycles. The first kappa shape index (κ1) is 19.3. The van der Waals surface area contributed by atoms with Crippen molar-refractivity contribution in [3.05, 3.63) is 63.4 Å². The summed E-state index contributed by atoms with van der Waals surface area (Å²) in [7, 11) is 0. The second kappa shape index (κ2) is 8.06. The lowest BCUT2D eigenvalue weighted by molar-refractivity contribution is -0.140. The Hall–Kier alpha value is -2.44. The molecule has 6 heteroatoms. The Morgan fingerprint density at radius 2 is 1.93 bits per heavy atom. The van der Waals surface area contributed by atoms with Crippen LogP contribution in [0.15, 0.2) is 47.4 Å². The van der Waals surface area contributed by atoms with E-state index in [1.54, 1.807) is 24.3 Å². The predicted molar refractivity (Wildman–Crippen MR) is 106 cm³/mol. The normalized spacial score (nSPS) is 19.3. The summed E-state index contributed by atoms with van der Waals surface area (Å²) in [5, 5.41) is 12.8. The van der Waals surface area contributed by atoms with E-state index in [0.29, 0.717) is 12.2 Å². The Kier molecular flexibility index (Phi) is 5.77. The first-order valence-corrected chi connectivity index (χ1v) is 9.79. The number of hydrogen-bond acceptors (Lipinski definition) is 5. The van der Waals surface area contributed by atoms with Gasteiger partial charge in [-0.2, -0.15) is 0 Å². The second-order valence-electron chi connectivity index (χ2n) is 6.75. The van der Waals surface area contributed by atoms with Crippen molar-refractivity contribution in [3.63, 3.8) is 0 Å². The number of thiophene rings is 1. The van der Waals surface area contributed by atoms with Crippen molar-refractivity contribution in [1.82, 2.24) is 4.90 Å². The van der Waals surface area contributed by atoms with Crippen LogP contribution >= 0.6 is 11.3 Å². The summed E-state index contributed by atoms with van der Waals surface area (Å²) in [5.41, 5.74) is 1.65. The van der Waals surface area contributed by atoms with E-state index in [1.165, 1.54) is 16.2 Å². The Bertz CT molecular complexity index is 869. The minimum absolute atomic E-state index is 0.0352. The number of benzene rings is 1. The topological polar surface area (TPSA) is 66.8 Å². The third-order valence-corrected chi connectivity index (χ3v) is 5.59. The Morgan fingerprint density at radius 1 is 1.22 bits per heavy atom. The van der Waals surface area contributed by atoms with E-state index in [9.17, 15) is 14.7 Å². The van der Waals surface area contributed by atoms with Gasteiger partial charge in [-0.05, 0) is 37.8 Å². The number of carbonyl (C=O) groups excluding carboxylic acids is 2. The zero-order chi connectivity index (χ0) is 19.6. The number of rotatable bonds is 6. The van der Waals surface area contributed by atoms with Gasteiger partial charge in [-0.1, -0.05) is 30.3 Å². The average molecular weight is 385 g/mol. The molecule has 0 saturated carbocycles. The lowest BCUT2D eigenvalue weighted by atomic mass is 9.98. The first-order chi connectivity index (χ1) is 12.9. The predicted octanol–water partition coefficient (Wildman–Crippen LogP) is 3.90. The molecule has 5 nitrogen and oxygen atoms in total. The van der Waals surface area contributed by atoms with Crippen molar-refractivity contribution in [3.8, 4) is 0 Å². The van der Waals surface area contributed by atoms with Crippen LogP contribution in [0.3, 0.4) is 0 Å². The van der Waals surface area contributed by atoms with Crippen LogP contribution in [0.25, 0.3) is 5.76 Å². The largest absolute Gasteiger partial charge is 0.507 e. The van der Waals surface area contributed by atoms with Crippen molar-refractivity contribution in [1.29, 1.82) is 0 Å². The maximum absolute atomic E-state index is 12.8. The zero-order valence-corrected chi connectivity index (χ0v) is 16.5. The SMILES string of the molecule is Cc1ccsc1C1/C(=C(/O)c2ccccc2)C(=O)C(=O)N1CCOC(C)C. The molecule has 27 heavy (non-hydrogen) atoms. The molecule has 142 valence electrons. The van der Waals surface area contributed by atoms with E-state index in [-0.39, 0.29) is 24.0 Å². The fourth-order valence-corrected chi connectivity index (χ4v) is 4.23. The Labute approximate surface area is 162 Å². The molecule has 3 rings (SSSR count). The van der Waals surface area contributed by atoms with Crippen molar-refractivity contribution >= 4 is 28.8 Å². The smallest absolute Gasteiger partial charge is 0.295 e. The Balaban J connectivity index is 2.07. The van der Waals surface area contributed by atoms with E-state index in [1.807, 2.05) is 38.3 Å². The number of nitrogens with zero attached hydrogens (tertiary/aromatic N) is 1. The van der Waals surface area contributed by atoms with Gasteiger partial charge in [0, 0.05) is 17.0 Å². The van der Waals surface area contributed by atoms with Crippen LogP contribution in [-0.4, -0.2) is 41.0 Å². The summed E-state index contributed by atoms with van der Waals surface area (Å²) in [6.45, 7) is 6.40. The van der Waals surface area contributed by atoms with E-state index < -0.39 is 17.7 Å². The van der Waals surface area contributed by atoms with Crippen molar-refractivity contribution in [2.45, 2.75) is 32.9 Å². The highest BCUT2D eigenvalue weighted by Gasteiger charge is 2.46. The fourth-order valence-electron chi connectivity index (χ4n) is 3.19.